The highest BCUT2D eigenvalue weighted by Gasteiger charge is 1.98. The zero-order valence-electron chi connectivity index (χ0n) is 6.07. The number of carboxylic acids is 1. The van der Waals surface area contributed by atoms with Crippen LogP contribution in [0.25, 0.3) is 5.57 Å². The minimum Gasteiger partial charge on any atom is -0.478 e. The number of carboxylic acid groups (broad SMARTS) is 1. The molecule has 0 saturated carbocycles. The fraction of sp³-hybridized carbons (Fsp3) is 0.125. The average molecular weight is 152 g/mol. The molecule has 58 valence electrons. The van der Waals surface area contributed by atoms with Gasteiger partial charge >= 0.3 is 5.97 Å². The van der Waals surface area contributed by atoms with Crippen molar-refractivity contribution in [2.24, 2.45) is 0 Å². The highest BCUT2D eigenvalue weighted by Crippen LogP contribution is 2.12. The Balaban J connectivity index is 2.86. The van der Waals surface area contributed by atoms with Crippen molar-refractivity contribution >= 4 is 11.5 Å². The van der Waals surface area contributed by atoms with E-state index in [0.717, 1.165) is 11.6 Å². The van der Waals surface area contributed by atoms with Crippen LogP contribution in [0.1, 0.15) is 12.5 Å². The van der Waals surface area contributed by atoms with Crippen LogP contribution in [0.3, 0.4) is 0 Å². The molecule has 1 aromatic rings. The van der Waals surface area contributed by atoms with E-state index in [2.05, 4.69) is 0 Å². The predicted molar refractivity (Wildman–Crippen MR) is 40.0 cm³/mol. The minimum atomic E-state index is -0.941. The quantitative estimate of drug-likeness (QED) is 0.657. The first kappa shape index (κ1) is 7.60. The molecule has 1 heterocycles. The summed E-state index contributed by atoms with van der Waals surface area (Å²) in [5.74, 6) is -0.941. The summed E-state index contributed by atoms with van der Waals surface area (Å²) in [7, 11) is 0. The third kappa shape index (κ3) is 1.97. The molecule has 1 aromatic heterocycles. The van der Waals surface area contributed by atoms with E-state index in [-0.39, 0.29) is 0 Å². The van der Waals surface area contributed by atoms with Crippen molar-refractivity contribution in [3.05, 3.63) is 30.2 Å². The predicted octanol–water partition coefficient (Wildman–Crippen LogP) is 1.77. The van der Waals surface area contributed by atoms with Crippen molar-refractivity contribution in [3.8, 4) is 0 Å². The zero-order valence-corrected chi connectivity index (χ0v) is 6.07. The largest absolute Gasteiger partial charge is 0.478 e. The maximum atomic E-state index is 10.2. The third-order valence-corrected chi connectivity index (χ3v) is 1.32. The molecule has 0 aromatic carbocycles. The molecule has 0 aliphatic heterocycles. The lowest BCUT2D eigenvalue weighted by atomic mass is 10.1. The number of rotatable bonds is 2. The molecule has 3 heteroatoms. The molecule has 0 radical (unpaired) electrons. The summed E-state index contributed by atoms with van der Waals surface area (Å²) >= 11 is 0. The van der Waals surface area contributed by atoms with Crippen LogP contribution in [0.4, 0.5) is 0 Å². The van der Waals surface area contributed by atoms with Crippen molar-refractivity contribution in [3.63, 3.8) is 0 Å². The number of furan rings is 1. The summed E-state index contributed by atoms with van der Waals surface area (Å²) < 4.78 is 4.78. The molecule has 11 heavy (non-hydrogen) atoms. The van der Waals surface area contributed by atoms with E-state index >= 15 is 0 Å². The Morgan fingerprint density at radius 3 is 2.91 bits per heavy atom. The van der Waals surface area contributed by atoms with E-state index in [4.69, 9.17) is 9.52 Å². The molecular weight excluding hydrogens is 144 g/mol. The first-order valence-electron chi connectivity index (χ1n) is 3.14. The van der Waals surface area contributed by atoms with Crippen LogP contribution in [0.15, 0.2) is 29.1 Å². The Morgan fingerprint density at radius 2 is 2.45 bits per heavy atom. The standard InChI is InChI=1S/C8H8O3/c1-6(4-8(9)10)7-2-3-11-5-7/h2-5H,1H3,(H,9,10). The van der Waals surface area contributed by atoms with Crippen molar-refractivity contribution < 1.29 is 14.3 Å². The Bertz CT molecular complexity index is 270. The lowest BCUT2D eigenvalue weighted by Crippen LogP contribution is -1.88. The van der Waals surface area contributed by atoms with Gasteiger partial charge in [0, 0.05) is 11.6 Å². The van der Waals surface area contributed by atoms with E-state index in [1.807, 2.05) is 0 Å². The van der Waals surface area contributed by atoms with Crippen LogP contribution in [-0.4, -0.2) is 11.1 Å². The Kier molecular flexibility index (Phi) is 2.11. The summed E-state index contributed by atoms with van der Waals surface area (Å²) in [4.78, 5) is 10.2. The van der Waals surface area contributed by atoms with Crippen molar-refractivity contribution in [2.45, 2.75) is 6.92 Å². The van der Waals surface area contributed by atoms with Gasteiger partial charge in [-0.2, -0.15) is 0 Å². The van der Waals surface area contributed by atoms with E-state index in [1.165, 1.54) is 12.5 Å². The second-order valence-electron chi connectivity index (χ2n) is 2.18. The highest BCUT2D eigenvalue weighted by molar-refractivity contribution is 5.89. The topological polar surface area (TPSA) is 50.4 Å². The van der Waals surface area contributed by atoms with Crippen LogP contribution in [-0.2, 0) is 4.79 Å². The summed E-state index contributed by atoms with van der Waals surface area (Å²) in [5.41, 5.74) is 1.48. The summed E-state index contributed by atoms with van der Waals surface area (Å²) in [6.45, 7) is 1.72. The summed E-state index contributed by atoms with van der Waals surface area (Å²) in [5, 5.41) is 8.38. The molecule has 0 unspecified atom stereocenters. The van der Waals surface area contributed by atoms with Crippen LogP contribution >= 0.6 is 0 Å². The number of carbonyl (C=O) groups is 1. The molecule has 1 rings (SSSR count). The average Bonchev–Trinajstić information content (AvgIpc) is 2.35. The normalized spacial score (nSPS) is 11.5. The lowest BCUT2D eigenvalue weighted by Gasteiger charge is -1.90. The van der Waals surface area contributed by atoms with Crippen molar-refractivity contribution in [1.29, 1.82) is 0 Å². The van der Waals surface area contributed by atoms with Crippen molar-refractivity contribution in [1.82, 2.24) is 0 Å². The van der Waals surface area contributed by atoms with E-state index in [0.29, 0.717) is 5.57 Å². The number of hydrogen-bond acceptors (Lipinski definition) is 2. The first-order chi connectivity index (χ1) is 5.20. The van der Waals surface area contributed by atoms with Gasteiger partial charge in [0.15, 0.2) is 0 Å². The van der Waals surface area contributed by atoms with Gasteiger partial charge in [0.1, 0.15) is 0 Å². The highest BCUT2D eigenvalue weighted by atomic mass is 16.4. The first-order valence-corrected chi connectivity index (χ1v) is 3.14. The van der Waals surface area contributed by atoms with Gasteiger partial charge in [-0.05, 0) is 18.6 Å². The second kappa shape index (κ2) is 3.05. The third-order valence-electron chi connectivity index (χ3n) is 1.32. The summed E-state index contributed by atoms with van der Waals surface area (Å²) in [6.07, 6.45) is 4.16. The summed E-state index contributed by atoms with van der Waals surface area (Å²) in [6, 6.07) is 1.72. The lowest BCUT2D eigenvalue weighted by molar-refractivity contribution is -0.131. The molecule has 0 bridgehead atoms. The molecular formula is C8H8O3. The van der Waals surface area contributed by atoms with Gasteiger partial charge in [-0.1, -0.05) is 0 Å². The smallest absolute Gasteiger partial charge is 0.328 e. The van der Waals surface area contributed by atoms with Crippen LogP contribution < -0.4 is 0 Å². The second-order valence-corrected chi connectivity index (χ2v) is 2.18. The molecule has 0 spiro atoms. The van der Waals surface area contributed by atoms with Gasteiger partial charge in [0.25, 0.3) is 0 Å². The Hall–Kier alpha value is -1.51. The monoisotopic (exact) mass is 152 g/mol. The number of hydrogen-bond donors (Lipinski definition) is 1. The Morgan fingerprint density at radius 1 is 1.73 bits per heavy atom. The Labute approximate surface area is 64.0 Å². The zero-order chi connectivity index (χ0) is 8.27. The molecule has 0 aliphatic carbocycles. The van der Waals surface area contributed by atoms with Gasteiger partial charge in [-0.15, -0.1) is 0 Å². The fourth-order valence-corrected chi connectivity index (χ4v) is 0.757. The van der Waals surface area contributed by atoms with E-state index in [9.17, 15) is 4.79 Å². The number of allylic oxidation sites excluding steroid dienone is 1. The SMILES string of the molecule is CC(=CC(=O)O)c1ccoc1. The molecule has 0 fully saturated rings. The van der Waals surface area contributed by atoms with Gasteiger partial charge < -0.3 is 9.52 Å². The number of aliphatic carboxylic acids is 1. The van der Waals surface area contributed by atoms with E-state index < -0.39 is 5.97 Å². The molecule has 1 N–H and O–H groups in total. The van der Waals surface area contributed by atoms with Crippen molar-refractivity contribution in [2.75, 3.05) is 0 Å². The van der Waals surface area contributed by atoms with Crippen LogP contribution in [0, 0.1) is 0 Å². The van der Waals surface area contributed by atoms with Crippen LogP contribution in [0.2, 0.25) is 0 Å². The molecule has 0 aliphatic rings. The molecule has 3 nitrogen and oxygen atoms in total. The van der Waals surface area contributed by atoms with Gasteiger partial charge in [0.05, 0.1) is 12.5 Å². The van der Waals surface area contributed by atoms with E-state index in [1.54, 1.807) is 13.0 Å². The van der Waals surface area contributed by atoms with Gasteiger partial charge in [-0.3, -0.25) is 0 Å². The maximum Gasteiger partial charge on any atom is 0.328 e. The molecule has 0 saturated heterocycles. The van der Waals surface area contributed by atoms with Gasteiger partial charge in [0.2, 0.25) is 0 Å². The molecule has 0 amide bonds. The van der Waals surface area contributed by atoms with Gasteiger partial charge in [-0.25, -0.2) is 4.79 Å². The maximum absolute atomic E-state index is 10.2. The molecule has 0 atom stereocenters. The fourth-order valence-electron chi connectivity index (χ4n) is 0.757. The van der Waals surface area contributed by atoms with Crippen LogP contribution in [0.5, 0.6) is 0 Å². The minimum absolute atomic E-state index is 0.686.